The van der Waals surface area contributed by atoms with E-state index in [1.165, 1.54) is 7.11 Å². The molecule has 8 heteroatoms. The van der Waals surface area contributed by atoms with Crippen molar-refractivity contribution in [1.29, 1.82) is 0 Å². The fourth-order valence-electron chi connectivity index (χ4n) is 1.63. The van der Waals surface area contributed by atoms with Crippen LogP contribution in [0.4, 0.5) is 0 Å². The molecule has 0 bridgehead atoms. The maximum atomic E-state index is 11.7. The number of aromatic nitrogens is 1. The lowest BCUT2D eigenvalue weighted by Crippen LogP contribution is -2.26. The van der Waals surface area contributed by atoms with E-state index >= 15 is 0 Å². The first-order valence-corrected chi connectivity index (χ1v) is 8.04. The summed E-state index contributed by atoms with van der Waals surface area (Å²) in [5.74, 6) is 0.150. The van der Waals surface area contributed by atoms with Crippen LogP contribution in [0.15, 0.2) is 10.6 Å². The second-order valence-corrected chi connectivity index (χ2v) is 6.28. The minimum atomic E-state index is -3.39. The average Bonchev–Trinajstić information content (AvgIpc) is 2.77. The summed E-state index contributed by atoms with van der Waals surface area (Å²) in [4.78, 5) is 10.9. The van der Waals surface area contributed by atoms with E-state index in [-0.39, 0.29) is 11.7 Å². The number of methoxy groups -OCH3 is 1. The molecule has 20 heavy (non-hydrogen) atoms. The fraction of sp³-hybridized carbons (Fsp3) is 0.667. The van der Waals surface area contributed by atoms with Gasteiger partial charge in [-0.2, -0.15) is 0 Å². The van der Waals surface area contributed by atoms with Gasteiger partial charge in [0.25, 0.3) is 0 Å². The summed E-state index contributed by atoms with van der Waals surface area (Å²) in [6.45, 7) is 2.05. The number of aryl methyl sites for hydroxylation is 1. The van der Waals surface area contributed by atoms with Crippen molar-refractivity contribution in [2.24, 2.45) is 0 Å². The largest absolute Gasteiger partial charge is 0.469 e. The monoisotopic (exact) mass is 304 g/mol. The first kappa shape index (κ1) is 16.6. The minimum absolute atomic E-state index is 0.188. The molecule has 0 amide bonds. The third-order valence-corrected chi connectivity index (χ3v) is 3.94. The molecule has 0 atom stereocenters. The van der Waals surface area contributed by atoms with Gasteiger partial charge in [0.05, 0.1) is 7.11 Å². The molecule has 7 nitrogen and oxygen atoms in total. The molecule has 114 valence electrons. The summed E-state index contributed by atoms with van der Waals surface area (Å²) < 4.78 is 35.3. The number of ether oxygens (including phenoxy) is 1. The zero-order chi connectivity index (χ0) is 15.0. The number of hydrogen-bond donors (Lipinski definition) is 1. The van der Waals surface area contributed by atoms with Gasteiger partial charge in [0, 0.05) is 19.0 Å². The van der Waals surface area contributed by atoms with Gasteiger partial charge in [-0.1, -0.05) is 11.6 Å². The molecule has 1 N–H and O–H groups in total. The minimum Gasteiger partial charge on any atom is -0.469 e. The van der Waals surface area contributed by atoms with Crippen molar-refractivity contribution in [2.45, 2.75) is 38.4 Å². The van der Waals surface area contributed by atoms with Crippen LogP contribution in [0.5, 0.6) is 0 Å². The van der Waals surface area contributed by atoms with Gasteiger partial charge in [0.2, 0.25) is 10.0 Å². The van der Waals surface area contributed by atoms with Crippen LogP contribution in [0.3, 0.4) is 0 Å². The normalized spacial score (nSPS) is 11.5. The van der Waals surface area contributed by atoms with E-state index in [1.807, 2.05) is 0 Å². The Labute approximate surface area is 118 Å². The molecule has 0 unspecified atom stereocenters. The zero-order valence-corrected chi connectivity index (χ0v) is 12.5. The van der Waals surface area contributed by atoms with E-state index in [0.717, 1.165) is 6.42 Å². The molecule has 0 saturated heterocycles. The third kappa shape index (κ3) is 6.67. The summed E-state index contributed by atoms with van der Waals surface area (Å²) in [5, 5.41) is 3.64. The first-order valence-electron chi connectivity index (χ1n) is 6.39. The Bertz CT molecular complexity index is 524. The Morgan fingerprint density at radius 1 is 1.40 bits per heavy atom. The van der Waals surface area contributed by atoms with Gasteiger partial charge in [-0.05, 0) is 19.8 Å². The van der Waals surface area contributed by atoms with Gasteiger partial charge in [0.15, 0.2) is 0 Å². The van der Waals surface area contributed by atoms with Gasteiger partial charge in [-0.15, -0.1) is 0 Å². The molecular formula is C12H20N2O5S. The SMILES string of the molecule is COC(=O)CCCCCNS(=O)(=O)Cc1cc(C)on1. The van der Waals surface area contributed by atoms with E-state index in [0.29, 0.717) is 37.3 Å². The molecule has 0 aliphatic heterocycles. The molecule has 0 saturated carbocycles. The summed E-state index contributed by atoms with van der Waals surface area (Å²) in [6.07, 6.45) is 2.49. The molecule has 0 spiro atoms. The highest BCUT2D eigenvalue weighted by atomic mass is 32.2. The number of rotatable bonds is 9. The molecular weight excluding hydrogens is 284 g/mol. The molecule has 1 aromatic rings. The molecule has 0 aromatic carbocycles. The van der Waals surface area contributed by atoms with Crippen molar-refractivity contribution in [3.8, 4) is 0 Å². The van der Waals surface area contributed by atoms with Crippen LogP contribution >= 0.6 is 0 Å². The summed E-state index contributed by atoms with van der Waals surface area (Å²) in [7, 11) is -2.04. The second kappa shape index (κ2) is 8.01. The van der Waals surface area contributed by atoms with Crippen LogP contribution < -0.4 is 4.72 Å². The number of hydrogen-bond acceptors (Lipinski definition) is 6. The van der Waals surface area contributed by atoms with E-state index in [9.17, 15) is 13.2 Å². The zero-order valence-electron chi connectivity index (χ0n) is 11.7. The maximum absolute atomic E-state index is 11.7. The number of sulfonamides is 1. The highest BCUT2D eigenvalue weighted by Gasteiger charge is 2.13. The van der Waals surface area contributed by atoms with Crippen molar-refractivity contribution in [3.05, 3.63) is 17.5 Å². The van der Waals surface area contributed by atoms with Gasteiger partial charge in [-0.3, -0.25) is 4.79 Å². The Balaban J connectivity index is 2.18. The lowest BCUT2D eigenvalue weighted by molar-refractivity contribution is -0.140. The lowest BCUT2D eigenvalue weighted by Gasteiger charge is -2.04. The Kier molecular flexibility index (Phi) is 6.66. The Morgan fingerprint density at radius 2 is 2.15 bits per heavy atom. The first-order chi connectivity index (χ1) is 9.43. The molecule has 0 aliphatic rings. The van der Waals surface area contributed by atoms with Gasteiger partial charge >= 0.3 is 5.97 Å². The van der Waals surface area contributed by atoms with Crippen molar-refractivity contribution in [2.75, 3.05) is 13.7 Å². The van der Waals surface area contributed by atoms with Crippen LogP contribution in [-0.2, 0) is 25.3 Å². The van der Waals surface area contributed by atoms with E-state index in [4.69, 9.17) is 4.52 Å². The molecule has 0 fully saturated rings. The summed E-state index contributed by atoms with van der Waals surface area (Å²) >= 11 is 0. The Hall–Kier alpha value is -1.41. The molecule has 1 aromatic heterocycles. The van der Waals surface area contributed by atoms with Crippen LogP contribution in [0.2, 0.25) is 0 Å². The van der Waals surface area contributed by atoms with Crippen molar-refractivity contribution >= 4 is 16.0 Å². The second-order valence-electron chi connectivity index (χ2n) is 4.47. The smallest absolute Gasteiger partial charge is 0.305 e. The fourth-order valence-corrected chi connectivity index (χ4v) is 2.72. The lowest BCUT2D eigenvalue weighted by atomic mass is 10.2. The summed E-state index contributed by atoms with van der Waals surface area (Å²) in [6, 6.07) is 1.59. The topological polar surface area (TPSA) is 98.5 Å². The molecule has 0 radical (unpaired) electrons. The highest BCUT2D eigenvalue weighted by molar-refractivity contribution is 7.88. The van der Waals surface area contributed by atoms with Crippen LogP contribution in [0.25, 0.3) is 0 Å². The van der Waals surface area contributed by atoms with Crippen molar-refractivity contribution in [1.82, 2.24) is 9.88 Å². The van der Waals surface area contributed by atoms with Gasteiger partial charge in [-0.25, -0.2) is 13.1 Å². The number of unbranched alkanes of at least 4 members (excludes halogenated alkanes) is 2. The standard InChI is InChI=1S/C12H20N2O5S/c1-10-8-11(14-19-10)9-20(16,17)13-7-5-3-4-6-12(15)18-2/h8,13H,3-7,9H2,1-2H3. The average molecular weight is 304 g/mol. The highest BCUT2D eigenvalue weighted by Crippen LogP contribution is 2.06. The molecule has 1 rings (SSSR count). The number of nitrogens with one attached hydrogen (secondary N) is 1. The van der Waals surface area contributed by atoms with Gasteiger partial charge in [0.1, 0.15) is 17.2 Å². The molecule has 0 aliphatic carbocycles. The third-order valence-electron chi connectivity index (χ3n) is 2.62. The number of carbonyl (C=O) groups is 1. The Morgan fingerprint density at radius 3 is 2.75 bits per heavy atom. The van der Waals surface area contributed by atoms with Crippen LogP contribution in [-0.4, -0.2) is 33.2 Å². The van der Waals surface area contributed by atoms with Crippen LogP contribution in [0.1, 0.15) is 37.1 Å². The van der Waals surface area contributed by atoms with Gasteiger partial charge < -0.3 is 9.26 Å². The van der Waals surface area contributed by atoms with E-state index in [2.05, 4.69) is 14.6 Å². The predicted octanol–water partition coefficient (Wildman–Crippen LogP) is 1.14. The molecule has 1 heterocycles. The van der Waals surface area contributed by atoms with E-state index in [1.54, 1.807) is 13.0 Å². The number of esters is 1. The van der Waals surface area contributed by atoms with Crippen molar-refractivity contribution < 1.29 is 22.5 Å². The summed E-state index contributed by atoms with van der Waals surface area (Å²) in [5.41, 5.74) is 0.390. The van der Waals surface area contributed by atoms with E-state index < -0.39 is 10.0 Å². The van der Waals surface area contributed by atoms with Crippen LogP contribution in [0, 0.1) is 6.92 Å². The number of nitrogens with zero attached hydrogens (tertiary/aromatic N) is 1. The predicted molar refractivity (Wildman–Crippen MR) is 72.4 cm³/mol. The number of carbonyl (C=O) groups excluding carboxylic acids is 1. The van der Waals surface area contributed by atoms with Crippen molar-refractivity contribution in [3.63, 3.8) is 0 Å². The quantitative estimate of drug-likeness (QED) is 0.542. The maximum Gasteiger partial charge on any atom is 0.305 e.